The molecule has 152 valence electrons. The van der Waals surface area contributed by atoms with Gasteiger partial charge < -0.3 is 5.32 Å². The molecular weight excluding hydrogens is 388 g/mol. The highest BCUT2D eigenvalue weighted by Crippen LogP contribution is 2.20. The monoisotopic (exact) mass is 412 g/mol. The van der Waals surface area contributed by atoms with E-state index in [1.807, 2.05) is 26.8 Å². The molecule has 0 aliphatic carbocycles. The lowest BCUT2D eigenvalue weighted by molar-refractivity contribution is 0.102. The van der Waals surface area contributed by atoms with Crippen molar-refractivity contribution < 1.29 is 13.2 Å². The molecule has 29 heavy (non-hydrogen) atoms. The summed E-state index contributed by atoms with van der Waals surface area (Å²) in [6, 6.07) is 14.9. The van der Waals surface area contributed by atoms with Gasteiger partial charge in [-0.05, 0) is 56.2 Å². The van der Waals surface area contributed by atoms with Crippen LogP contribution in [0.25, 0.3) is 0 Å². The minimum Gasteiger partial charge on any atom is -0.307 e. The minimum absolute atomic E-state index is 0.0158. The predicted molar refractivity (Wildman–Crippen MR) is 114 cm³/mol. The van der Waals surface area contributed by atoms with Crippen LogP contribution in [0.4, 0.5) is 11.5 Å². The summed E-state index contributed by atoms with van der Waals surface area (Å²) >= 11 is 0. The first kappa shape index (κ1) is 20.6. The highest BCUT2D eigenvalue weighted by Gasteiger charge is 2.18. The first-order valence-electron chi connectivity index (χ1n) is 9.34. The normalized spacial score (nSPS) is 12.4. The lowest BCUT2D eigenvalue weighted by atomic mass is 10.2. The van der Waals surface area contributed by atoms with Gasteiger partial charge in [0.15, 0.2) is 0 Å². The third-order valence-corrected chi connectivity index (χ3v) is 5.98. The van der Waals surface area contributed by atoms with Crippen LogP contribution in [0.1, 0.15) is 42.2 Å². The minimum atomic E-state index is -3.82. The predicted octanol–water partition coefficient (Wildman–Crippen LogP) is 4.22. The Morgan fingerprint density at radius 1 is 1.14 bits per heavy atom. The molecule has 3 rings (SSSR count). The van der Waals surface area contributed by atoms with Gasteiger partial charge >= 0.3 is 0 Å². The number of aryl methyl sites for hydroxylation is 1. The van der Waals surface area contributed by atoms with E-state index in [2.05, 4.69) is 15.1 Å². The van der Waals surface area contributed by atoms with Crippen LogP contribution in [0.5, 0.6) is 0 Å². The summed E-state index contributed by atoms with van der Waals surface area (Å²) in [4.78, 5) is 12.7. The number of amides is 1. The Kier molecular flexibility index (Phi) is 6.03. The molecule has 0 aliphatic rings. The van der Waals surface area contributed by atoms with Crippen LogP contribution in [0, 0.1) is 6.92 Å². The van der Waals surface area contributed by atoms with Crippen molar-refractivity contribution in [2.24, 2.45) is 0 Å². The maximum Gasteiger partial charge on any atom is 0.261 e. The average molecular weight is 413 g/mol. The van der Waals surface area contributed by atoms with Crippen LogP contribution >= 0.6 is 0 Å². The van der Waals surface area contributed by atoms with Gasteiger partial charge in [-0.25, -0.2) is 13.1 Å². The molecule has 1 aromatic heterocycles. The number of nitrogens with one attached hydrogen (secondary N) is 2. The van der Waals surface area contributed by atoms with Crippen molar-refractivity contribution in [3.63, 3.8) is 0 Å². The lowest BCUT2D eigenvalue weighted by Gasteiger charge is -2.14. The van der Waals surface area contributed by atoms with E-state index in [1.165, 1.54) is 12.1 Å². The second-order valence-electron chi connectivity index (χ2n) is 6.88. The summed E-state index contributed by atoms with van der Waals surface area (Å²) in [5.41, 5.74) is 1.66. The van der Waals surface area contributed by atoms with E-state index in [4.69, 9.17) is 0 Å². The zero-order chi connectivity index (χ0) is 21.0. The topological polar surface area (TPSA) is 93.1 Å². The first-order chi connectivity index (χ1) is 13.8. The average Bonchev–Trinajstić information content (AvgIpc) is 3.15. The molecule has 1 atom stereocenters. The standard InChI is InChI=1S/C21H24N4O3S/c1-4-16(3)25-20(11-12-22-25)23-21(26)17-8-6-10-19(14-17)29(27,28)24-18-9-5-7-15(2)13-18/h5-14,16,24H,4H2,1-3H3,(H,23,26). The van der Waals surface area contributed by atoms with Crippen molar-refractivity contribution >= 4 is 27.4 Å². The van der Waals surface area contributed by atoms with Crippen molar-refractivity contribution in [1.82, 2.24) is 9.78 Å². The quantitative estimate of drug-likeness (QED) is 0.608. The van der Waals surface area contributed by atoms with E-state index in [0.717, 1.165) is 12.0 Å². The number of hydrogen-bond acceptors (Lipinski definition) is 4. The van der Waals surface area contributed by atoms with E-state index in [0.29, 0.717) is 11.5 Å². The van der Waals surface area contributed by atoms with Gasteiger partial charge in [-0.3, -0.25) is 9.52 Å². The number of anilines is 2. The molecule has 8 heteroatoms. The van der Waals surface area contributed by atoms with Gasteiger partial charge in [0.2, 0.25) is 0 Å². The van der Waals surface area contributed by atoms with Crippen LogP contribution in [0.3, 0.4) is 0 Å². The zero-order valence-corrected chi connectivity index (χ0v) is 17.4. The number of hydrogen-bond donors (Lipinski definition) is 2. The Bertz CT molecular complexity index is 1120. The molecule has 2 aromatic carbocycles. The molecule has 3 aromatic rings. The molecule has 0 saturated heterocycles. The summed E-state index contributed by atoms with van der Waals surface area (Å²) in [5, 5.41) is 7.04. The molecule has 0 bridgehead atoms. The molecule has 0 spiro atoms. The van der Waals surface area contributed by atoms with E-state index < -0.39 is 15.9 Å². The van der Waals surface area contributed by atoms with Gasteiger partial charge in [-0.2, -0.15) is 5.10 Å². The molecule has 7 nitrogen and oxygen atoms in total. The third-order valence-electron chi connectivity index (χ3n) is 4.60. The lowest BCUT2D eigenvalue weighted by Crippen LogP contribution is -2.18. The van der Waals surface area contributed by atoms with Crippen LogP contribution in [0.2, 0.25) is 0 Å². The first-order valence-corrected chi connectivity index (χ1v) is 10.8. The van der Waals surface area contributed by atoms with Crippen LogP contribution < -0.4 is 10.0 Å². The number of benzene rings is 2. The van der Waals surface area contributed by atoms with Gasteiger partial charge in [0.05, 0.1) is 17.1 Å². The highest BCUT2D eigenvalue weighted by molar-refractivity contribution is 7.92. The summed E-state index contributed by atoms with van der Waals surface area (Å²) < 4.78 is 29.7. The molecule has 2 N–H and O–H groups in total. The molecular formula is C21H24N4O3S. The van der Waals surface area contributed by atoms with E-state index in [9.17, 15) is 13.2 Å². The van der Waals surface area contributed by atoms with Crippen molar-refractivity contribution in [3.05, 3.63) is 71.9 Å². The largest absolute Gasteiger partial charge is 0.307 e. The van der Waals surface area contributed by atoms with Crippen molar-refractivity contribution in [2.75, 3.05) is 10.0 Å². The zero-order valence-electron chi connectivity index (χ0n) is 16.6. The Labute approximate surface area is 170 Å². The number of carbonyl (C=O) groups excluding carboxylic acids is 1. The fourth-order valence-electron chi connectivity index (χ4n) is 2.85. The van der Waals surface area contributed by atoms with Crippen molar-refractivity contribution in [2.45, 2.75) is 38.1 Å². The van der Waals surface area contributed by atoms with Gasteiger partial charge in [0, 0.05) is 17.3 Å². The summed E-state index contributed by atoms with van der Waals surface area (Å²) in [7, 11) is -3.82. The van der Waals surface area contributed by atoms with E-state index >= 15 is 0 Å². The Hall–Kier alpha value is -3.13. The molecule has 0 fully saturated rings. The molecule has 0 aliphatic heterocycles. The Balaban J connectivity index is 1.82. The summed E-state index contributed by atoms with van der Waals surface area (Å²) in [6.07, 6.45) is 2.48. The van der Waals surface area contributed by atoms with Crippen molar-refractivity contribution in [1.29, 1.82) is 0 Å². The molecule has 1 heterocycles. The fourth-order valence-corrected chi connectivity index (χ4v) is 3.95. The molecule has 1 unspecified atom stereocenters. The smallest absolute Gasteiger partial charge is 0.261 e. The third kappa shape index (κ3) is 4.83. The number of rotatable bonds is 7. The van der Waals surface area contributed by atoms with Crippen LogP contribution in [-0.4, -0.2) is 24.1 Å². The number of nitrogens with zero attached hydrogens (tertiary/aromatic N) is 2. The SMILES string of the molecule is CCC(C)n1nccc1NC(=O)c1cccc(S(=O)(=O)Nc2cccc(C)c2)c1. The van der Waals surface area contributed by atoms with Gasteiger partial charge in [0.1, 0.15) is 5.82 Å². The van der Waals surface area contributed by atoms with Gasteiger partial charge in [0.25, 0.3) is 15.9 Å². The van der Waals surface area contributed by atoms with Crippen LogP contribution in [0.15, 0.2) is 65.7 Å². The molecule has 0 saturated carbocycles. The number of carbonyl (C=O) groups is 1. The van der Waals surface area contributed by atoms with Gasteiger partial charge in [-0.15, -0.1) is 0 Å². The van der Waals surface area contributed by atoms with Crippen molar-refractivity contribution in [3.8, 4) is 0 Å². The fraction of sp³-hybridized carbons (Fsp3) is 0.238. The highest BCUT2D eigenvalue weighted by atomic mass is 32.2. The van der Waals surface area contributed by atoms with Crippen LogP contribution in [-0.2, 0) is 10.0 Å². The Morgan fingerprint density at radius 3 is 2.62 bits per heavy atom. The summed E-state index contributed by atoms with van der Waals surface area (Å²) in [6.45, 7) is 5.92. The second-order valence-corrected chi connectivity index (χ2v) is 8.56. The second kappa shape index (κ2) is 8.48. The molecule has 0 radical (unpaired) electrons. The molecule has 1 amide bonds. The Morgan fingerprint density at radius 2 is 1.90 bits per heavy atom. The maximum atomic E-state index is 12.7. The number of aromatic nitrogens is 2. The van der Waals surface area contributed by atoms with Gasteiger partial charge in [-0.1, -0.05) is 25.1 Å². The van der Waals surface area contributed by atoms with E-state index in [1.54, 1.807) is 47.3 Å². The number of sulfonamides is 1. The maximum absolute atomic E-state index is 12.7. The summed E-state index contributed by atoms with van der Waals surface area (Å²) in [5.74, 6) is 0.165. The van der Waals surface area contributed by atoms with E-state index in [-0.39, 0.29) is 16.5 Å².